The Bertz CT molecular complexity index is 1200. The van der Waals surface area contributed by atoms with E-state index in [9.17, 15) is 22.8 Å². The lowest BCUT2D eigenvalue weighted by molar-refractivity contribution is -0.156. The molecule has 184 valence electrons. The second kappa shape index (κ2) is 9.89. The van der Waals surface area contributed by atoms with Gasteiger partial charge in [0, 0.05) is 24.2 Å². The third kappa shape index (κ3) is 5.70. The van der Waals surface area contributed by atoms with Crippen LogP contribution in [0.25, 0.3) is 11.5 Å². The number of benzene rings is 2. The Morgan fingerprint density at radius 1 is 1.09 bits per heavy atom. The zero-order valence-corrected chi connectivity index (χ0v) is 19.2. The number of nitrogens with zero attached hydrogens (tertiary/aromatic N) is 3. The number of aromatic nitrogens is 2. The summed E-state index contributed by atoms with van der Waals surface area (Å²) < 4.78 is 49.4. The predicted molar refractivity (Wildman–Crippen MR) is 119 cm³/mol. The number of carbonyl (C=O) groups excluding carboxylic acids is 2. The zero-order valence-electron chi connectivity index (χ0n) is 19.2. The predicted octanol–water partition coefficient (Wildman–Crippen LogP) is 5.22. The molecule has 4 rings (SSSR count). The van der Waals surface area contributed by atoms with Crippen molar-refractivity contribution in [2.24, 2.45) is 5.92 Å². The van der Waals surface area contributed by atoms with Crippen LogP contribution in [0.3, 0.4) is 0 Å². The molecule has 1 aliphatic heterocycles. The summed E-state index contributed by atoms with van der Waals surface area (Å²) in [5.41, 5.74) is 1.18. The van der Waals surface area contributed by atoms with Crippen molar-refractivity contribution < 1.29 is 31.9 Å². The Hall–Kier alpha value is -3.69. The van der Waals surface area contributed by atoms with Crippen LogP contribution in [0.5, 0.6) is 0 Å². The van der Waals surface area contributed by atoms with E-state index in [1.54, 1.807) is 6.92 Å². The van der Waals surface area contributed by atoms with Crippen LogP contribution < -0.4 is 0 Å². The van der Waals surface area contributed by atoms with Crippen LogP contribution in [0.15, 0.2) is 52.9 Å². The number of alkyl halides is 3. The first kappa shape index (κ1) is 24.4. The molecule has 0 N–H and O–H groups in total. The monoisotopic (exact) mass is 487 g/mol. The number of likely N-dealkylation sites (tertiary alicyclic amines) is 1. The Morgan fingerprint density at radius 2 is 1.77 bits per heavy atom. The lowest BCUT2D eigenvalue weighted by Gasteiger charge is -2.31. The Balaban J connectivity index is 1.30. The van der Waals surface area contributed by atoms with Crippen molar-refractivity contribution >= 4 is 11.9 Å². The number of carbonyl (C=O) groups is 2. The molecule has 0 bridgehead atoms. The fourth-order valence-electron chi connectivity index (χ4n) is 3.92. The molecule has 0 unspecified atom stereocenters. The van der Waals surface area contributed by atoms with Gasteiger partial charge in [-0.05, 0) is 63.1 Å². The van der Waals surface area contributed by atoms with Crippen molar-refractivity contribution in [2.75, 3.05) is 13.1 Å². The molecule has 35 heavy (non-hydrogen) atoms. The molecular weight excluding hydrogens is 463 g/mol. The Morgan fingerprint density at radius 3 is 2.40 bits per heavy atom. The van der Waals surface area contributed by atoms with Gasteiger partial charge in [-0.15, -0.1) is 10.2 Å². The summed E-state index contributed by atoms with van der Waals surface area (Å²) in [7, 11) is 0. The summed E-state index contributed by atoms with van der Waals surface area (Å²) in [4.78, 5) is 26.8. The van der Waals surface area contributed by atoms with E-state index in [4.69, 9.17) is 9.15 Å². The molecule has 0 saturated carbocycles. The van der Waals surface area contributed by atoms with Gasteiger partial charge in [0.15, 0.2) is 6.10 Å². The second-order valence-corrected chi connectivity index (χ2v) is 8.54. The number of amides is 1. The summed E-state index contributed by atoms with van der Waals surface area (Å²) >= 11 is 0. The average Bonchev–Trinajstić information content (AvgIpc) is 3.34. The standard InChI is InChI=1S/C25H24F3N3O4/c1-15-4-3-5-19(14-15)22-30-29-21(35-22)16(2)34-24(33)18-10-12-31(13-11-18)23(32)17-6-8-20(9-7-17)25(26,27)28/h3-9,14,16,18H,10-13H2,1-2H3/t16-/m1/s1. The fraction of sp³-hybridized carbons (Fsp3) is 0.360. The van der Waals surface area contributed by atoms with Crippen LogP contribution in [0.4, 0.5) is 13.2 Å². The molecule has 1 atom stereocenters. The van der Waals surface area contributed by atoms with Crippen LogP contribution in [0.2, 0.25) is 0 Å². The molecule has 1 amide bonds. The maximum Gasteiger partial charge on any atom is 0.416 e. The molecule has 0 spiro atoms. The fourth-order valence-corrected chi connectivity index (χ4v) is 3.92. The third-order valence-electron chi connectivity index (χ3n) is 5.92. The van der Waals surface area contributed by atoms with Gasteiger partial charge in [0.2, 0.25) is 5.89 Å². The zero-order chi connectivity index (χ0) is 25.2. The van der Waals surface area contributed by atoms with E-state index in [0.717, 1.165) is 23.3 Å². The summed E-state index contributed by atoms with van der Waals surface area (Å²) in [6.45, 7) is 4.19. The average molecular weight is 487 g/mol. The molecule has 1 fully saturated rings. The van der Waals surface area contributed by atoms with Gasteiger partial charge in [0.1, 0.15) is 0 Å². The van der Waals surface area contributed by atoms with E-state index >= 15 is 0 Å². The number of rotatable bonds is 5. The number of esters is 1. The van der Waals surface area contributed by atoms with Gasteiger partial charge >= 0.3 is 12.1 Å². The first-order valence-corrected chi connectivity index (χ1v) is 11.2. The smallest absolute Gasteiger partial charge is 0.416 e. The van der Waals surface area contributed by atoms with Gasteiger partial charge in [0.05, 0.1) is 11.5 Å². The van der Waals surface area contributed by atoms with E-state index in [1.165, 1.54) is 17.0 Å². The third-order valence-corrected chi connectivity index (χ3v) is 5.92. The molecule has 2 heterocycles. The first-order chi connectivity index (χ1) is 16.6. The highest BCUT2D eigenvalue weighted by molar-refractivity contribution is 5.94. The molecule has 0 radical (unpaired) electrons. The molecule has 1 saturated heterocycles. The second-order valence-electron chi connectivity index (χ2n) is 8.54. The van der Waals surface area contributed by atoms with E-state index in [-0.39, 0.29) is 17.4 Å². The minimum atomic E-state index is -4.46. The Labute approximate surface area is 199 Å². The summed E-state index contributed by atoms with van der Waals surface area (Å²) in [6.07, 6.45) is -4.42. The number of hydrogen-bond donors (Lipinski definition) is 0. The molecular formula is C25H24F3N3O4. The molecule has 1 aromatic heterocycles. The van der Waals surface area contributed by atoms with Gasteiger partial charge in [-0.2, -0.15) is 13.2 Å². The van der Waals surface area contributed by atoms with Crippen molar-refractivity contribution in [1.82, 2.24) is 15.1 Å². The highest BCUT2D eigenvalue weighted by atomic mass is 19.4. The molecule has 3 aromatic rings. The summed E-state index contributed by atoms with van der Waals surface area (Å²) in [6, 6.07) is 11.7. The van der Waals surface area contributed by atoms with Crippen molar-refractivity contribution in [1.29, 1.82) is 0 Å². The first-order valence-electron chi connectivity index (χ1n) is 11.2. The number of halogens is 3. The van der Waals surface area contributed by atoms with Crippen molar-refractivity contribution in [3.8, 4) is 11.5 Å². The minimum absolute atomic E-state index is 0.174. The van der Waals surface area contributed by atoms with E-state index < -0.39 is 29.7 Å². The number of aryl methyl sites for hydroxylation is 1. The molecule has 2 aromatic carbocycles. The topological polar surface area (TPSA) is 85.5 Å². The highest BCUT2D eigenvalue weighted by Gasteiger charge is 2.32. The van der Waals surface area contributed by atoms with Gasteiger partial charge in [-0.3, -0.25) is 9.59 Å². The van der Waals surface area contributed by atoms with Gasteiger partial charge in [0.25, 0.3) is 11.8 Å². The maximum absolute atomic E-state index is 12.7. The van der Waals surface area contributed by atoms with Crippen molar-refractivity contribution in [3.05, 3.63) is 71.1 Å². The number of piperidine rings is 1. The van der Waals surface area contributed by atoms with E-state index in [2.05, 4.69) is 10.2 Å². The molecule has 1 aliphatic rings. The molecule has 10 heteroatoms. The summed E-state index contributed by atoms with van der Waals surface area (Å²) in [5, 5.41) is 8.02. The highest BCUT2D eigenvalue weighted by Crippen LogP contribution is 2.30. The van der Waals surface area contributed by atoms with Crippen LogP contribution >= 0.6 is 0 Å². The van der Waals surface area contributed by atoms with Crippen LogP contribution in [-0.2, 0) is 15.7 Å². The molecule has 0 aliphatic carbocycles. The quantitative estimate of drug-likeness (QED) is 0.459. The summed E-state index contributed by atoms with van der Waals surface area (Å²) in [5.74, 6) is -0.678. The van der Waals surface area contributed by atoms with Crippen molar-refractivity contribution in [2.45, 2.75) is 39.0 Å². The largest absolute Gasteiger partial charge is 0.452 e. The normalized spacial score (nSPS) is 15.6. The Kier molecular flexibility index (Phi) is 6.90. The van der Waals surface area contributed by atoms with Crippen LogP contribution in [-0.4, -0.2) is 40.1 Å². The van der Waals surface area contributed by atoms with Crippen molar-refractivity contribution in [3.63, 3.8) is 0 Å². The SMILES string of the molecule is Cc1cccc(-c2nnc([C@@H](C)OC(=O)C3CCN(C(=O)c4ccc(C(F)(F)F)cc4)CC3)o2)c1. The van der Waals surface area contributed by atoms with Gasteiger partial charge < -0.3 is 14.1 Å². The van der Waals surface area contributed by atoms with E-state index in [0.29, 0.717) is 31.8 Å². The number of hydrogen-bond acceptors (Lipinski definition) is 6. The number of ether oxygens (including phenoxy) is 1. The minimum Gasteiger partial charge on any atom is -0.452 e. The van der Waals surface area contributed by atoms with Gasteiger partial charge in [-0.1, -0.05) is 17.7 Å². The lowest BCUT2D eigenvalue weighted by atomic mass is 9.96. The lowest BCUT2D eigenvalue weighted by Crippen LogP contribution is -2.40. The molecule has 7 nitrogen and oxygen atoms in total. The van der Waals surface area contributed by atoms with Crippen LogP contribution in [0, 0.1) is 12.8 Å². The van der Waals surface area contributed by atoms with E-state index in [1.807, 2.05) is 31.2 Å². The van der Waals surface area contributed by atoms with Gasteiger partial charge in [-0.25, -0.2) is 0 Å². The maximum atomic E-state index is 12.7. The van der Waals surface area contributed by atoms with Crippen LogP contribution in [0.1, 0.15) is 53.2 Å².